The number of piperazine rings is 1. The van der Waals surface area contributed by atoms with E-state index in [9.17, 15) is 17.6 Å². The number of hydrogen-bond donors (Lipinski definition) is 0. The molecule has 0 spiro atoms. The largest absolute Gasteiger partial charge is 0.342 e. The lowest BCUT2D eigenvalue weighted by molar-refractivity contribution is -0.131. The molecule has 1 amide bonds. The summed E-state index contributed by atoms with van der Waals surface area (Å²) in [7, 11) is -3.60. The molecule has 0 bridgehead atoms. The van der Waals surface area contributed by atoms with Gasteiger partial charge in [-0.05, 0) is 37.1 Å². The van der Waals surface area contributed by atoms with Gasteiger partial charge < -0.3 is 4.90 Å². The molecule has 8 heteroatoms. The average Bonchev–Trinajstić information content (AvgIpc) is 3.10. The van der Waals surface area contributed by atoms with Gasteiger partial charge in [-0.25, -0.2) is 12.8 Å². The summed E-state index contributed by atoms with van der Waals surface area (Å²) in [5, 5.41) is 0. The zero-order valence-electron chi connectivity index (χ0n) is 13.5. The van der Waals surface area contributed by atoms with Crippen molar-refractivity contribution in [1.29, 1.82) is 0 Å². The molecule has 0 aliphatic carbocycles. The highest BCUT2D eigenvalue weighted by Gasteiger charge is 2.30. The van der Waals surface area contributed by atoms with Crippen LogP contribution in [0.25, 0.3) is 0 Å². The van der Waals surface area contributed by atoms with Gasteiger partial charge in [-0.15, -0.1) is 0 Å². The Kier molecular flexibility index (Phi) is 5.17. The van der Waals surface area contributed by atoms with Crippen LogP contribution >= 0.6 is 0 Å². The van der Waals surface area contributed by atoms with E-state index in [1.807, 2.05) is 9.80 Å². The molecule has 1 aromatic carbocycles. The molecule has 2 aliphatic rings. The van der Waals surface area contributed by atoms with E-state index in [4.69, 9.17) is 0 Å². The molecule has 0 atom stereocenters. The number of carbonyl (C=O) groups excluding carboxylic acids is 1. The molecule has 0 radical (unpaired) electrons. The Hall–Kier alpha value is -1.51. The maximum Gasteiger partial charge on any atom is 0.243 e. The second kappa shape index (κ2) is 7.16. The van der Waals surface area contributed by atoms with Crippen molar-refractivity contribution in [3.63, 3.8) is 0 Å². The van der Waals surface area contributed by atoms with E-state index in [2.05, 4.69) is 0 Å². The highest BCUT2D eigenvalue weighted by Crippen LogP contribution is 2.18. The lowest BCUT2D eigenvalue weighted by Gasteiger charge is -2.34. The predicted molar refractivity (Wildman–Crippen MR) is 87.4 cm³/mol. The van der Waals surface area contributed by atoms with Crippen LogP contribution < -0.4 is 0 Å². The lowest BCUT2D eigenvalue weighted by Crippen LogP contribution is -2.51. The quantitative estimate of drug-likeness (QED) is 0.800. The third kappa shape index (κ3) is 3.76. The number of halogens is 1. The first-order chi connectivity index (χ1) is 11.5. The second-order valence-electron chi connectivity index (χ2n) is 6.22. The number of nitrogens with zero attached hydrogens (tertiary/aromatic N) is 3. The first-order valence-electron chi connectivity index (χ1n) is 8.23. The van der Waals surface area contributed by atoms with Gasteiger partial charge in [0.05, 0.1) is 11.4 Å². The van der Waals surface area contributed by atoms with Crippen molar-refractivity contribution in [2.75, 3.05) is 45.8 Å². The average molecular weight is 355 g/mol. The third-order valence-electron chi connectivity index (χ3n) is 4.60. The van der Waals surface area contributed by atoms with E-state index in [-0.39, 0.29) is 10.8 Å². The standard InChI is InChI=1S/C16H22FN3O3S/c17-14-3-5-15(6-4-14)24(22,23)20-11-9-18(10-12-20)13-16(21)19-7-1-2-8-19/h3-6H,1-2,7-13H2. The van der Waals surface area contributed by atoms with Crippen molar-refractivity contribution in [2.45, 2.75) is 17.7 Å². The highest BCUT2D eigenvalue weighted by molar-refractivity contribution is 7.89. The minimum absolute atomic E-state index is 0.102. The molecule has 0 unspecified atom stereocenters. The van der Waals surface area contributed by atoms with E-state index in [1.54, 1.807) is 0 Å². The number of amides is 1. The van der Waals surface area contributed by atoms with Gasteiger partial charge in [-0.2, -0.15) is 4.31 Å². The maximum absolute atomic E-state index is 13.0. The van der Waals surface area contributed by atoms with Gasteiger partial charge in [0, 0.05) is 39.3 Å². The zero-order valence-corrected chi connectivity index (χ0v) is 14.3. The Morgan fingerprint density at radius 1 is 0.958 bits per heavy atom. The van der Waals surface area contributed by atoms with Gasteiger partial charge in [0.2, 0.25) is 15.9 Å². The van der Waals surface area contributed by atoms with Gasteiger partial charge in [0.25, 0.3) is 0 Å². The topological polar surface area (TPSA) is 60.9 Å². The Labute approximate surface area is 141 Å². The molecule has 0 aromatic heterocycles. The van der Waals surface area contributed by atoms with Crippen LogP contribution in [0, 0.1) is 5.82 Å². The van der Waals surface area contributed by atoms with Crippen LogP contribution in [0.15, 0.2) is 29.2 Å². The SMILES string of the molecule is O=C(CN1CCN(S(=O)(=O)c2ccc(F)cc2)CC1)N1CCCC1. The number of benzene rings is 1. The number of carbonyl (C=O) groups is 1. The van der Waals surface area contributed by atoms with Crippen LogP contribution in [0.5, 0.6) is 0 Å². The summed E-state index contributed by atoms with van der Waals surface area (Å²) in [6, 6.07) is 4.87. The molecule has 132 valence electrons. The molecule has 2 fully saturated rings. The van der Waals surface area contributed by atoms with Gasteiger partial charge in [-0.3, -0.25) is 9.69 Å². The minimum Gasteiger partial charge on any atom is -0.342 e. The van der Waals surface area contributed by atoms with E-state index in [0.29, 0.717) is 32.7 Å². The second-order valence-corrected chi connectivity index (χ2v) is 8.16. The smallest absolute Gasteiger partial charge is 0.243 e. The molecule has 1 aromatic rings. The monoisotopic (exact) mass is 355 g/mol. The Bertz CT molecular complexity index is 679. The van der Waals surface area contributed by atoms with Crippen LogP contribution in [0.1, 0.15) is 12.8 Å². The van der Waals surface area contributed by atoms with E-state index in [0.717, 1.165) is 38.1 Å². The van der Waals surface area contributed by atoms with Gasteiger partial charge in [0.1, 0.15) is 5.82 Å². The van der Waals surface area contributed by atoms with Crippen molar-refractivity contribution in [1.82, 2.24) is 14.1 Å². The summed E-state index contributed by atoms with van der Waals surface area (Å²) >= 11 is 0. The first kappa shape index (κ1) is 17.3. The molecule has 0 saturated carbocycles. The molecular weight excluding hydrogens is 333 g/mol. The third-order valence-corrected chi connectivity index (χ3v) is 6.51. The normalized spacial score (nSPS) is 20.5. The number of rotatable bonds is 4. The Morgan fingerprint density at radius 2 is 1.54 bits per heavy atom. The van der Waals surface area contributed by atoms with Crippen molar-refractivity contribution in [3.05, 3.63) is 30.1 Å². The highest BCUT2D eigenvalue weighted by atomic mass is 32.2. The molecule has 3 rings (SSSR count). The van der Waals surface area contributed by atoms with Crippen molar-refractivity contribution >= 4 is 15.9 Å². The first-order valence-corrected chi connectivity index (χ1v) is 9.67. The van der Waals surface area contributed by atoms with E-state index >= 15 is 0 Å². The molecule has 2 aliphatic heterocycles. The predicted octanol–water partition coefficient (Wildman–Crippen LogP) is 0.754. The summed E-state index contributed by atoms with van der Waals surface area (Å²) in [5.41, 5.74) is 0. The summed E-state index contributed by atoms with van der Waals surface area (Å²) < 4.78 is 39.5. The van der Waals surface area contributed by atoms with Gasteiger partial charge in [0.15, 0.2) is 0 Å². The Morgan fingerprint density at radius 3 is 2.12 bits per heavy atom. The molecular formula is C16H22FN3O3S. The molecule has 24 heavy (non-hydrogen) atoms. The summed E-state index contributed by atoms with van der Waals surface area (Å²) in [4.78, 5) is 16.1. The Balaban J connectivity index is 1.56. The van der Waals surface area contributed by atoms with Crippen molar-refractivity contribution in [2.24, 2.45) is 0 Å². The summed E-state index contributed by atoms with van der Waals surface area (Å²) in [5.74, 6) is -0.332. The van der Waals surface area contributed by atoms with Gasteiger partial charge >= 0.3 is 0 Å². The number of sulfonamides is 1. The number of likely N-dealkylation sites (tertiary alicyclic amines) is 1. The maximum atomic E-state index is 13.0. The molecule has 6 nitrogen and oxygen atoms in total. The fourth-order valence-corrected chi connectivity index (χ4v) is 4.56. The fraction of sp³-hybridized carbons (Fsp3) is 0.562. The summed E-state index contributed by atoms with van der Waals surface area (Å²) in [6.45, 7) is 3.75. The minimum atomic E-state index is -3.60. The molecule has 2 saturated heterocycles. The molecule has 2 heterocycles. The molecule has 0 N–H and O–H groups in total. The fourth-order valence-electron chi connectivity index (χ4n) is 3.14. The lowest BCUT2D eigenvalue weighted by atomic mass is 10.3. The summed E-state index contributed by atoms with van der Waals surface area (Å²) in [6.07, 6.45) is 2.13. The van der Waals surface area contributed by atoms with Crippen LogP contribution in [-0.2, 0) is 14.8 Å². The zero-order chi connectivity index (χ0) is 17.2. The van der Waals surface area contributed by atoms with Crippen LogP contribution in [0.4, 0.5) is 4.39 Å². The van der Waals surface area contributed by atoms with E-state index < -0.39 is 15.8 Å². The van der Waals surface area contributed by atoms with E-state index in [1.165, 1.54) is 16.4 Å². The number of hydrogen-bond acceptors (Lipinski definition) is 4. The van der Waals surface area contributed by atoms with Crippen molar-refractivity contribution in [3.8, 4) is 0 Å². The van der Waals surface area contributed by atoms with Crippen LogP contribution in [0.3, 0.4) is 0 Å². The van der Waals surface area contributed by atoms with Crippen molar-refractivity contribution < 1.29 is 17.6 Å². The van der Waals surface area contributed by atoms with Crippen LogP contribution in [-0.4, -0.2) is 74.2 Å². The van der Waals surface area contributed by atoms with Gasteiger partial charge in [-0.1, -0.05) is 0 Å². The van der Waals surface area contributed by atoms with Crippen LogP contribution in [0.2, 0.25) is 0 Å².